The first-order valence-corrected chi connectivity index (χ1v) is 34.7. The van der Waals surface area contributed by atoms with Gasteiger partial charge in [0.05, 0.1) is 0 Å². The molecule has 0 spiro atoms. The second kappa shape index (κ2) is 27.9. The van der Waals surface area contributed by atoms with Gasteiger partial charge < -0.3 is 0 Å². The molecule has 0 N–H and O–H groups in total. The van der Waals surface area contributed by atoms with Crippen molar-refractivity contribution in [3.8, 4) is 0 Å². The van der Waals surface area contributed by atoms with Crippen LogP contribution in [0.15, 0.2) is 54.6 Å². The van der Waals surface area contributed by atoms with E-state index >= 15 is 39.5 Å². The monoisotopic (exact) mass is 1220 g/mol. The molecule has 16 rings (SSSR count). The van der Waals surface area contributed by atoms with Gasteiger partial charge in [-0.1, -0.05) is 93.1 Å². The van der Waals surface area contributed by atoms with Crippen molar-refractivity contribution in [2.24, 2.45) is 71.0 Å². The second-order valence-corrected chi connectivity index (χ2v) is 30.2. The van der Waals surface area contributed by atoms with E-state index in [0.29, 0.717) is 189 Å². The fraction of sp³-hybridized carbons (Fsp3) is 0.750. The topological polar surface area (TPSA) is 19.4 Å². The minimum absolute atomic E-state index is 0.197. The lowest BCUT2D eigenvalue weighted by Crippen LogP contribution is -2.49. The molecule has 12 atom stereocenters. The van der Waals surface area contributed by atoms with E-state index in [1.807, 2.05) is 18.2 Å². The van der Waals surface area contributed by atoms with Gasteiger partial charge in [-0.05, 0) is 77.0 Å². The van der Waals surface area contributed by atoms with Crippen molar-refractivity contribution in [1.29, 1.82) is 0 Å². The Labute approximate surface area is 513 Å². The summed E-state index contributed by atoms with van der Waals surface area (Å²) >= 11 is 0. The third-order valence-corrected chi connectivity index (χ3v) is 24.1. The van der Waals surface area contributed by atoms with Gasteiger partial charge in [0.25, 0.3) is 0 Å². The average molecular weight is 1220 g/mol. The Bertz CT molecular complexity index is 2210. The van der Waals surface area contributed by atoms with Gasteiger partial charge in [-0.2, -0.15) is 0 Å². The van der Waals surface area contributed by atoms with Crippen LogP contribution in [0.1, 0.15) is 149 Å². The van der Waals surface area contributed by atoms with E-state index in [2.05, 4.69) is 29.4 Å². The van der Waals surface area contributed by atoms with Gasteiger partial charge in [-0.15, -0.1) is 0 Å². The Morgan fingerprint density at radius 3 is 0.471 bits per heavy atom. The first kappa shape index (κ1) is 62.6. The molecule has 0 amide bonds. The maximum atomic E-state index is 17.5. The second-order valence-electron chi connectivity index (χ2n) is 30.2. The molecule has 9 fully saturated rings. The molecule has 3 aromatic carbocycles. The lowest BCUT2D eigenvalue weighted by molar-refractivity contribution is -0.00438. The molecule has 6 saturated carbocycles. The summed E-state index contributed by atoms with van der Waals surface area (Å²) in [7, 11) is 0. The van der Waals surface area contributed by atoms with Crippen LogP contribution in [-0.4, -0.2) is 145 Å². The molecule has 7 aliphatic heterocycles. The van der Waals surface area contributed by atoms with Crippen LogP contribution in [-0.2, 0) is 39.3 Å². The van der Waals surface area contributed by atoms with E-state index in [0.717, 1.165) is 38.5 Å². The lowest BCUT2D eigenvalue weighted by Gasteiger charge is -2.44. The lowest BCUT2D eigenvalue weighted by atomic mass is 9.76. The summed E-state index contributed by atoms with van der Waals surface area (Å²) in [6, 6.07) is 16.4. The van der Waals surface area contributed by atoms with Crippen LogP contribution in [0.3, 0.4) is 0 Å². The van der Waals surface area contributed by atoms with Gasteiger partial charge in [0.15, 0.2) is 0 Å². The van der Waals surface area contributed by atoms with Crippen molar-refractivity contribution in [3.05, 3.63) is 105 Å². The smallest absolute Gasteiger partial charge is 0.132 e. The van der Waals surface area contributed by atoms with Crippen LogP contribution in [0.4, 0.5) is 39.5 Å². The largest absolute Gasteiger partial charge is 0.298 e. The van der Waals surface area contributed by atoms with E-state index < -0.39 is 37.0 Å². The van der Waals surface area contributed by atoms with Gasteiger partial charge in [0.1, 0.15) is 54.5 Å². The van der Waals surface area contributed by atoms with Gasteiger partial charge >= 0.3 is 0 Å². The van der Waals surface area contributed by atoms with Crippen LogP contribution >= 0.6 is 0 Å². The van der Waals surface area contributed by atoms with Crippen molar-refractivity contribution in [3.63, 3.8) is 0 Å². The summed E-state index contributed by atoms with van der Waals surface area (Å²) < 4.78 is 157. The molecule has 7 heterocycles. The molecule has 3 saturated heterocycles. The van der Waals surface area contributed by atoms with E-state index in [1.165, 1.54) is 0 Å². The highest BCUT2D eigenvalue weighted by Gasteiger charge is 2.45. The molecule has 3 aromatic rings. The van der Waals surface area contributed by atoms with Crippen LogP contribution in [0, 0.1) is 88.5 Å². The molecule has 6 nitrogen and oxygen atoms in total. The Morgan fingerprint density at radius 2 is 0.345 bits per heavy atom. The van der Waals surface area contributed by atoms with Crippen molar-refractivity contribution in [2.75, 3.05) is 78.5 Å². The van der Waals surface area contributed by atoms with Crippen molar-refractivity contribution in [1.82, 2.24) is 29.4 Å². The standard InChI is InChI=1S/C72H99F9N6/c73-64-46-10-1-11-47(64)29-83-31-49-13-2-12-48(65(49)74)30-82(28-46)40-58-22-7-24-60(70(58)79)42-84-32-50-14-3-18-54(66(50)75)36-86(37-55-19-4-15-51(33-84)67(55)76)44-62-26-9-27-63(72(62)81)45-87-38-56-20-5-16-52(68(56)77)34-85(35-53-17-6-21-57(39-87)69(53)78)43-61-25-8-23-59(41-83)71(61)80/h7-9,22-27,46-57,64-69H,1-6,10-21,28-45H2. The van der Waals surface area contributed by atoms with Crippen molar-refractivity contribution < 1.29 is 39.5 Å². The zero-order valence-electron chi connectivity index (χ0n) is 51.6. The Hall–Kier alpha value is -3.21. The van der Waals surface area contributed by atoms with Crippen LogP contribution in [0.5, 0.6) is 0 Å². The van der Waals surface area contributed by atoms with Crippen LogP contribution in [0.2, 0.25) is 0 Å². The predicted octanol–water partition coefficient (Wildman–Crippen LogP) is 14.9. The fourth-order valence-corrected chi connectivity index (χ4v) is 19.7. The maximum absolute atomic E-state index is 17.5. The molecule has 12 unspecified atom stereocenters. The quantitative estimate of drug-likeness (QED) is 0.208. The first-order chi connectivity index (χ1) is 42.2. The maximum Gasteiger partial charge on any atom is 0.132 e. The summed E-state index contributed by atoms with van der Waals surface area (Å²) in [6.07, 6.45) is 5.97. The highest BCUT2D eigenvalue weighted by molar-refractivity contribution is 5.29. The number of halogens is 9. The van der Waals surface area contributed by atoms with Gasteiger partial charge in [-0.3, -0.25) is 29.4 Å². The highest BCUT2D eigenvalue weighted by Crippen LogP contribution is 2.44. The molecule has 15 heteroatoms. The Kier molecular flexibility index (Phi) is 20.1. The summed E-state index contributed by atoms with van der Waals surface area (Å²) in [5.41, 5.74) is 2.80. The number of alkyl halides is 6. The summed E-state index contributed by atoms with van der Waals surface area (Å²) in [4.78, 5) is 12.7. The van der Waals surface area contributed by atoms with E-state index in [-0.39, 0.29) is 128 Å². The van der Waals surface area contributed by atoms with Gasteiger partial charge in [0, 0.05) is 222 Å². The van der Waals surface area contributed by atoms with Crippen molar-refractivity contribution >= 4 is 0 Å². The Balaban J connectivity index is 0.864. The highest BCUT2D eigenvalue weighted by atomic mass is 19.2. The van der Waals surface area contributed by atoms with E-state index in [9.17, 15) is 0 Å². The molecule has 480 valence electrons. The van der Waals surface area contributed by atoms with Gasteiger partial charge in [0.2, 0.25) is 0 Å². The molecule has 24 bridgehead atoms. The van der Waals surface area contributed by atoms with Crippen LogP contribution in [0.25, 0.3) is 0 Å². The summed E-state index contributed by atoms with van der Waals surface area (Å²) in [6.45, 7) is 5.55. The number of benzene rings is 3. The number of nitrogens with zero attached hydrogens (tertiary/aromatic N) is 6. The first-order valence-electron chi connectivity index (χ1n) is 34.7. The number of hydrogen-bond acceptors (Lipinski definition) is 6. The predicted molar refractivity (Wildman–Crippen MR) is 325 cm³/mol. The molecule has 0 radical (unpaired) electrons. The normalized spacial score (nSPS) is 42.7. The minimum atomic E-state index is -1.16. The zero-order chi connectivity index (χ0) is 59.9. The van der Waals surface area contributed by atoms with E-state index in [4.69, 9.17) is 0 Å². The molecule has 6 aliphatic carbocycles. The molecule has 13 aliphatic rings. The van der Waals surface area contributed by atoms with Crippen molar-refractivity contribution in [2.45, 2.75) is 192 Å². The van der Waals surface area contributed by atoms with E-state index in [1.54, 1.807) is 36.4 Å². The minimum Gasteiger partial charge on any atom is -0.298 e. The molecule has 0 aromatic heterocycles. The zero-order valence-corrected chi connectivity index (χ0v) is 51.6. The molecule has 87 heavy (non-hydrogen) atoms. The summed E-state index contributed by atoms with van der Waals surface area (Å²) in [5.74, 6) is -5.26. The number of hydrogen-bond donors (Lipinski definition) is 0. The van der Waals surface area contributed by atoms with Gasteiger partial charge in [-0.25, -0.2) is 39.5 Å². The SMILES string of the molecule is Fc1c2cccc1CN1CC3CCCC(CN(Cc4cccc(c4F)CN4CC5CCCC(CN(Cc6cccc(c6F)CN6CC7CCCC(CN(C2)CC2CCCC(C6)C2F)C7F)CC2CCCC(C4)C2F)C5F)CC2CCCC(C1)C2F)C3F. The summed E-state index contributed by atoms with van der Waals surface area (Å²) in [5, 5.41) is 0. The molecular weight excluding hydrogens is 1120 g/mol. The average Bonchev–Trinajstić information content (AvgIpc) is 2.91. The fourth-order valence-electron chi connectivity index (χ4n) is 19.7. The third kappa shape index (κ3) is 14.2. The Morgan fingerprint density at radius 1 is 0.218 bits per heavy atom. The third-order valence-electron chi connectivity index (χ3n) is 24.1. The number of rotatable bonds is 0. The van der Waals surface area contributed by atoms with Crippen LogP contribution < -0.4 is 0 Å². The molecular formula is C72H99F9N6.